The number of ketones is 2. The summed E-state index contributed by atoms with van der Waals surface area (Å²) in [4.78, 5) is 24.4. The van der Waals surface area contributed by atoms with Crippen LogP contribution in [-0.2, 0) is 30.9 Å². The summed E-state index contributed by atoms with van der Waals surface area (Å²) in [5.41, 5.74) is 7.33. The van der Waals surface area contributed by atoms with Gasteiger partial charge in [-0.2, -0.15) is 0 Å². The maximum Gasteiger partial charge on any atom is 0.186 e. The monoisotopic (exact) mass is 768 g/mol. The van der Waals surface area contributed by atoms with Gasteiger partial charge in [0.2, 0.25) is 0 Å². The summed E-state index contributed by atoms with van der Waals surface area (Å²) in [5, 5.41) is 0. The minimum Gasteiger partial charge on any atom is -0.488 e. The maximum atomic E-state index is 12.2. The lowest BCUT2D eigenvalue weighted by molar-refractivity contribution is -0.136. The highest BCUT2D eigenvalue weighted by atomic mass is 16.5. The molecule has 2 aliphatic carbocycles. The summed E-state index contributed by atoms with van der Waals surface area (Å²) in [5.74, 6) is 1.61. The van der Waals surface area contributed by atoms with Gasteiger partial charge < -0.3 is 18.9 Å². The Balaban J connectivity index is 1.29. The van der Waals surface area contributed by atoms with Crippen LogP contribution in [0.4, 0.5) is 0 Å². The molecule has 1 atom stereocenters. The van der Waals surface area contributed by atoms with Gasteiger partial charge in [0.1, 0.15) is 33.9 Å². The van der Waals surface area contributed by atoms with Gasteiger partial charge in [-0.25, -0.2) is 0 Å². The van der Waals surface area contributed by atoms with Gasteiger partial charge in [-0.05, 0) is 155 Å². The Bertz CT molecular complexity index is 2040. The average Bonchev–Trinajstić information content (AvgIpc) is 3.67. The number of carbonyl (C=O) groups is 2. The molecule has 57 heavy (non-hydrogen) atoms. The summed E-state index contributed by atoms with van der Waals surface area (Å²) in [6, 6.07) is 31.0. The number of carbonyl (C=O) groups excluding carboxylic acids is 2. The first-order valence-corrected chi connectivity index (χ1v) is 20.3. The van der Waals surface area contributed by atoms with E-state index in [-0.39, 0.29) is 11.6 Å². The molecule has 6 nitrogen and oxygen atoms in total. The molecule has 4 aromatic carbocycles. The number of benzene rings is 4. The first kappa shape index (κ1) is 41.8. The Morgan fingerprint density at radius 1 is 0.667 bits per heavy atom. The van der Waals surface area contributed by atoms with Crippen LogP contribution in [0.2, 0.25) is 0 Å². The molecule has 0 heterocycles. The van der Waals surface area contributed by atoms with E-state index in [9.17, 15) is 9.59 Å². The van der Waals surface area contributed by atoms with E-state index in [1.54, 1.807) is 27.7 Å². The standard InChI is InChI=1S/C51H60O6/c1-12-45(52)49(8,9)54-28-26-47(4,5)56-39-22-18-37(19-23-39)51(33-34(3)42-32-43-36(31-44(42)51)30-35-16-14-15-17-41(35)43)38-20-24-40(25-21-38)57-48(6,7)27-29-55-50(10,11)46(53)13-2/h12-25,31-32,34H,1-2,26-30,33H2,3-11H3. The SMILES string of the molecule is C=CC(=O)C(C)(C)OCCC(C)(C)Oc1ccc(C2(c3ccc(OC(C)(C)CCOC(C)(C)C(=O)C=C)cc3)CC(C)c3cc4c(cc32)Cc2ccccc2-4)cc1. The largest absolute Gasteiger partial charge is 0.488 e. The number of ether oxygens (including phenoxy) is 4. The second-order valence-corrected chi connectivity index (χ2v) is 18.1. The molecule has 0 fully saturated rings. The van der Waals surface area contributed by atoms with E-state index in [0.29, 0.717) is 32.0 Å². The lowest BCUT2D eigenvalue weighted by Crippen LogP contribution is -2.37. The minimum absolute atomic E-state index is 0.140. The van der Waals surface area contributed by atoms with E-state index in [2.05, 4.69) is 105 Å². The fraction of sp³-hybridized carbons (Fsp3) is 0.412. The topological polar surface area (TPSA) is 71.1 Å². The molecule has 4 aromatic rings. The minimum atomic E-state index is -0.924. The highest BCUT2D eigenvalue weighted by Gasteiger charge is 2.46. The summed E-state index contributed by atoms with van der Waals surface area (Å²) in [7, 11) is 0. The molecule has 0 amide bonds. The van der Waals surface area contributed by atoms with Crippen molar-refractivity contribution in [2.45, 2.75) is 122 Å². The normalized spacial score (nSPS) is 16.0. The molecule has 0 bridgehead atoms. The fourth-order valence-corrected chi connectivity index (χ4v) is 8.46. The molecule has 0 saturated heterocycles. The summed E-state index contributed by atoms with van der Waals surface area (Å²) < 4.78 is 25.0. The summed E-state index contributed by atoms with van der Waals surface area (Å²) in [6.07, 6.45) is 5.69. The van der Waals surface area contributed by atoms with Gasteiger partial charge in [0.05, 0.1) is 13.2 Å². The second-order valence-electron chi connectivity index (χ2n) is 18.1. The number of hydrogen-bond acceptors (Lipinski definition) is 6. The van der Waals surface area contributed by atoms with Crippen LogP contribution >= 0.6 is 0 Å². The van der Waals surface area contributed by atoms with Gasteiger partial charge in [-0.15, -0.1) is 0 Å². The molecule has 6 heteroatoms. The van der Waals surface area contributed by atoms with Gasteiger partial charge in [-0.1, -0.05) is 80.7 Å². The number of fused-ring (bicyclic) bond motifs is 4. The Hall–Kier alpha value is -4.78. The lowest BCUT2D eigenvalue weighted by atomic mass is 9.69. The van der Waals surface area contributed by atoms with Crippen molar-refractivity contribution in [1.29, 1.82) is 0 Å². The Kier molecular flexibility index (Phi) is 11.7. The van der Waals surface area contributed by atoms with Gasteiger partial charge in [0.25, 0.3) is 0 Å². The maximum absolute atomic E-state index is 12.2. The first-order valence-electron chi connectivity index (χ1n) is 20.3. The molecule has 0 radical (unpaired) electrons. The van der Waals surface area contributed by atoms with Gasteiger partial charge >= 0.3 is 0 Å². The average molecular weight is 769 g/mol. The van der Waals surface area contributed by atoms with Crippen molar-refractivity contribution in [3.8, 4) is 22.6 Å². The third kappa shape index (κ3) is 8.73. The van der Waals surface area contributed by atoms with Crippen molar-refractivity contribution in [3.05, 3.63) is 144 Å². The third-order valence-electron chi connectivity index (χ3n) is 11.9. The number of hydrogen-bond donors (Lipinski definition) is 0. The molecular weight excluding hydrogens is 709 g/mol. The van der Waals surface area contributed by atoms with Crippen LogP contribution in [0.15, 0.2) is 110 Å². The van der Waals surface area contributed by atoms with E-state index in [1.807, 2.05) is 27.7 Å². The van der Waals surface area contributed by atoms with Crippen LogP contribution in [0.25, 0.3) is 11.1 Å². The quantitative estimate of drug-likeness (QED) is 0.0827. The molecule has 0 saturated carbocycles. The summed E-state index contributed by atoms with van der Waals surface area (Å²) in [6.45, 7) is 25.6. The highest BCUT2D eigenvalue weighted by Crippen LogP contribution is 2.56. The van der Waals surface area contributed by atoms with Crippen LogP contribution in [-0.4, -0.2) is 47.2 Å². The lowest BCUT2D eigenvalue weighted by Gasteiger charge is -2.34. The zero-order valence-corrected chi connectivity index (χ0v) is 35.4. The fourth-order valence-electron chi connectivity index (χ4n) is 8.46. The Morgan fingerprint density at radius 3 is 1.61 bits per heavy atom. The van der Waals surface area contributed by atoms with E-state index < -0.39 is 27.8 Å². The molecule has 6 rings (SSSR count). The predicted octanol–water partition coefficient (Wildman–Crippen LogP) is 11.3. The van der Waals surface area contributed by atoms with E-state index in [4.69, 9.17) is 18.9 Å². The molecule has 0 aliphatic heterocycles. The zero-order valence-electron chi connectivity index (χ0n) is 35.4. The van der Waals surface area contributed by atoms with Crippen molar-refractivity contribution in [2.75, 3.05) is 13.2 Å². The second kappa shape index (κ2) is 15.9. The molecule has 2 aliphatic rings. The Labute approximate surface area is 340 Å². The van der Waals surface area contributed by atoms with Crippen molar-refractivity contribution < 1.29 is 28.5 Å². The third-order valence-corrected chi connectivity index (χ3v) is 11.9. The first-order chi connectivity index (χ1) is 26.8. The molecular formula is C51H60O6. The highest BCUT2D eigenvalue weighted by molar-refractivity contribution is 5.96. The smallest absolute Gasteiger partial charge is 0.186 e. The Morgan fingerprint density at radius 2 is 1.14 bits per heavy atom. The van der Waals surface area contributed by atoms with Crippen molar-refractivity contribution >= 4 is 11.6 Å². The molecule has 1 unspecified atom stereocenters. The molecule has 0 spiro atoms. The van der Waals surface area contributed by atoms with Gasteiger partial charge in [-0.3, -0.25) is 9.59 Å². The van der Waals surface area contributed by atoms with Gasteiger partial charge in [0, 0.05) is 18.3 Å². The summed E-state index contributed by atoms with van der Waals surface area (Å²) >= 11 is 0. The molecule has 0 aromatic heterocycles. The van der Waals surface area contributed by atoms with E-state index >= 15 is 0 Å². The van der Waals surface area contributed by atoms with Crippen LogP contribution < -0.4 is 9.47 Å². The van der Waals surface area contributed by atoms with Crippen molar-refractivity contribution in [1.82, 2.24) is 0 Å². The molecule has 0 N–H and O–H groups in total. The van der Waals surface area contributed by atoms with Crippen LogP contribution in [0, 0.1) is 0 Å². The van der Waals surface area contributed by atoms with Crippen molar-refractivity contribution in [3.63, 3.8) is 0 Å². The number of rotatable bonds is 18. The van der Waals surface area contributed by atoms with E-state index in [1.165, 1.54) is 56.7 Å². The van der Waals surface area contributed by atoms with Crippen molar-refractivity contribution in [2.24, 2.45) is 0 Å². The van der Waals surface area contributed by atoms with Crippen LogP contribution in [0.3, 0.4) is 0 Å². The van der Waals surface area contributed by atoms with Gasteiger partial charge in [0.15, 0.2) is 11.6 Å². The van der Waals surface area contributed by atoms with Crippen LogP contribution in [0.5, 0.6) is 11.5 Å². The van der Waals surface area contributed by atoms with E-state index in [0.717, 1.165) is 24.3 Å². The zero-order chi connectivity index (χ0) is 41.4. The predicted molar refractivity (Wildman–Crippen MR) is 230 cm³/mol. The molecule has 300 valence electrons. The van der Waals surface area contributed by atoms with Crippen LogP contribution in [0.1, 0.15) is 121 Å².